The van der Waals surface area contributed by atoms with E-state index in [1.165, 1.54) is 0 Å². The smallest absolute Gasteiger partial charge is 0.228 e. The molecule has 1 atom stereocenters. The molecule has 0 saturated heterocycles. The van der Waals surface area contributed by atoms with Gasteiger partial charge in [-0.15, -0.1) is 11.3 Å². The minimum atomic E-state index is -0.00272. The summed E-state index contributed by atoms with van der Waals surface area (Å²) in [5, 5.41) is 3.02. The summed E-state index contributed by atoms with van der Waals surface area (Å²) in [5.41, 5.74) is 3.63. The summed E-state index contributed by atoms with van der Waals surface area (Å²) in [6, 6.07) is 5.83. The van der Waals surface area contributed by atoms with Crippen molar-refractivity contribution in [2.75, 3.05) is 5.32 Å². The third-order valence-corrected chi connectivity index (χ3v) is 4.71. The van der Waals surface area contributed by atoms with Gasteiger partial charge in [-0.3, -0.25) is 4.79 Å². The largest absolute Gasteiger partial charge is 0.335 e. The Hall–Kier alpha value is -2.21. The number of thiazole rings is 1. The molecule has 0 bridgehead atoms. The van der Waals surface area contributed by atoms with Crippen LogP contribution in [0, 0.1) is 5.92 Å². The highest BCUT2D eigenvalue weighted by molar-refractivity contribution is 7.16. The Balaban J connectivity index is 1.50. The molecule has 0 fully saturated rings. The van der Waals surface area contributed by atoms with Crippen LogP contribution in [-0.4, -0.2) is 20.4 Å². The van der Waals surface area contributed by atoms with E-state index >= 15 is 0 Å². The zero-order valence-corrected chi connectivity index (χ0v) is 12.1. The van der Waals surface area contributed by atoms with Crippen molar-refractivity contribution in [2.45, 2.75) is 19.4 Å². The number of hydrogen-bond donors (Lipinski definition) is 1. The summed E-state index contributed by atoms with van der Waals surface area (Å²) in [6.07, 6.45) is 5.34. The molecule has 1 aliphatic rings. The zero-order valence-electron chi connectivity index (χ0n) is 11.3. The zero-order chi connectivity index (χ0) is 14.2. The van der Waals surface area contributed by atoms with Crippen LogP contribution in [0.2, 0.25) is 0 Å². The van der Waals surface area contributed by atoms with Crippen LogP contribution in [0.5, 0.6) is 0 Å². The number of carbonyl (C=O) groups excluding carboxylic acids is 1. The van der Waals surface area contributed by atoms with Crippen LogP contribution in [0.1, 0.15) is 12.2 Å². The SMILES string of the molecule is O=C(Nc1ccc2ncsc2c1)C1CCn2ccnc2C1. The lowest BCUT2D eigenvalue weighted by atomic mass is 9.97. The van der Waals surface area contributed by atoms with E-state index in [-0.39, 0.29) is 11.8 Å². The Morgan fingerprint density at radius 2 is 2.33 bits per heavy atom. The molecule has 0 saturated carbocycles. The summed E-state index contributed by atoms with van der Waals surface area (Å²) < 4.78 is 3.21. The maximum Gasteiger partial charge on any atom is 0.228 e. The summed E-state index contributed by atoms with van der Waals surface area (Å²) in [6.45, 7) is 0.862. The van der Waals surface area contributed by atoms with Gasteiger partial charge in [0.1, 0.15) is 5.82 Å². The normalized spacial score (nSPS) is 17.6. The van der Waals surface area contributed by atoms with E-state index in [1.807, 2.05) is 29.9 Å². The van der Waals surface area contributed by atoms with Crippen LogP contribution < -0.4 is 5.32 Å². The minimum absolute atomic E-state index is 0.00272. The van der Waals surface area contributed by atoms with Gasteiger partial charge in [0.05, 0.1) is 15.7 Å². The maximum atomic E-state index is 12.4. The van der Waals surface area contributed by atoms with Gasteiger partial charge in [0, 0.05) is 37.0 Å². The molecule has 21 heavy (non-hydrogen) atoms. The quantitative estimate of drug-likeness (QED) is 0.791. The molecule has 106 valence electrons. The van der Waals surface area contributed by atoms with Crippen molar-refractivity contribution in [1.29, 1.82) is 0 Å². The number of aromatic nitrogens is 3. The number of nitrogens with one attached hydrogen (secondary N) is 1. The number of imidazole rings is 1. The van der Waals surface area contributed by atoms with Crippen molar-refractivity contribution in [3.8, 4) is 0 Å². The van der Waals surface area contributed by atoms with Gasteiger partial charge >= 0.3 is 0 Å². The highest BCUT2D eigenvalue weighted by atomic mass is 32.1. The highest BCUT2D eigenvalue weighted by Gasteiger charge is 2.25. The van der Waals surface area contributed by atoms with E-state index in [2.05, 4.69) is 19.9 Å². The number of hydrogen-bond acceptors (Lipinski definition) is 4. The molecular weight excluding hydrogens is 284 g/mol. The summed E-state index contributed by atoms with van der Waals surface area (Å²) in [4.78, 5) is 21.0. The fourth-order valence-electron chi connectivity index (χ4n) is 2.75. The second-order valence-corrected chi connectivity index (χ2v) is 6.14. The lowest BCUT2D eigenvalue weighted by Crippen LogP contribution is -2.30. The van der Waals surface area contributed by atoms with E-state index in [0.29, 0.717) is 6.42 Å². The summed E-state index contributed by atoms with van der Waals surface area (Å²) >= 11 is 1.58. The van der Waals surface area contributed by atoms with Crippen molar-refractivity contribution in [3.63, 3.8) is 0 Å². The van der Waals surface area contributed by atoms with Crippen LogP contribution in [0.3, 0.4) is 0 Å². The fourth-order valence-corrected chi connectivity index (χ4v) is 3.47. The van der Waals surface area contributed by atoms with Crippen LogP contribution in [0.25, 0.3) is 10.2 Å². The number of amides is 1. The number of aryl methyl sites for hydroxylation is 1. The Morgan fingerprint density at radius 3 is 3.29 bits per heavy atom. The topological polar surface area (TPSA) is 59.8 Å². The molecule has 1 N–H and O–H groups in total. The number of nitrogens with zero attached hydrogens (tertiary/aromatic N) is 3. The molecule has 1 aromatic carbocycles. The molecule has 1 unspecified atom stereocenters. The van der Waals surface area contributed by atoms with E-state index in [1.54, 1.807) is 17.5 Å². The van der Waals surface area contributed by atoms with Gasteiger partial charge in [0.15, 0.2) is 0 Å². The second kappa shape index (κ2) is 4.96. The van der Waals surface area contributed by atoms with Gasteiger partial charge in [-0.1, -0.05) is 0 Å². The average molecular weight is 298 g/mol. The molecule has 1 aliphatic heterocycles. The van der Waals surface area contributed by atoms with E-state index in [0.717, 1.165) is 34.7 Å². The molecule has 3 heterocycles. The van der Waals surface area contributed by atoms with E-state index in [9.17, 15) is 4.79 Å². The van der Waals surface area contributed by atoms with Crippen molar-refractivity contribution in [1.82, 2.24) is 14.5 Å². The predicted molar refractivity (Wildman–Crippen MR) is 82.3 cm³/mol. The number of fused-ring (bicyclic) bond motifs is 2. The first-order chi connectivity index (χ1) is 10.3. The second-order valence-electron chi connectivity index (χ2n) is 5.25. The molecule has 0 radical (unpaired) electrons. The van der Waals surface area contributed by atoms with Crippen LogP contribution in [0.15, 0.2) is 36.1 Å². The molecule has 6 heteroatoms. The Labute approximate surface area is 125 Å². The number of anilines is 1. The Bertz CT molecular complexity index is 807. The maximum absolute atomic E-state index is 12.4. The molecule has 2 aromatic heterocycles. The van der Waals surface area contributed by atoms with Crippen molar-refractivity contribution < 1.29 is 4.79 Å². The third kappa shape index (κ3) is 2.31. The lowest BCUT2D eigenvalue weighted by Gasteiger charge is -2.22. The van der Waals surface area contributed by atoms with Gasteiger partial charge in [-0.05, 0) is 24.6 Å². The van der Waals surface area contributed by atoms with Crippen molar-refractivity contribution in [3.05, 3.63) is 41.9 Å². The Kier molecular flexibility index (Phi) is 2.96. The van der Waals surface area contributed by atoms with Gasteiger partial charge in [-0.2, -0.15) is 0 Å². The molecular formula is C15H14N4OS. The first kappa shape index (κ1) is 12.5. The van der Waals surface area contributed by atoms with Crippen LogP contribution in [-0.2, 0) is 17.8 Å². The number of rotatable bonds is 2. The van der Waals surface area contributed by atoms with E-state index in [4.69, 9.17) is 0 Å². The minimum Gasteiger partial charge on any atom is -0.335 e. The molecule has 5 nitrogen and oxygen atoms in total. The first-order valence-corrected chi connectivity index (χ1v) is 7.82. The van der Waals surface area contributed by atoms with Gasteiger partial charge in [0.25, 0.3) is 0 Å². The molecule has 3 aromatic rings. The van der Waals surface area contributed by atoms with Gasteiger partial charge in [0.2, 0.25) is 5.91 Å². The first-order valence-electron chi connectivity index (χ1n) is 6.94. The fraction of sp³-hybridized carbons (Fsp3) is 0.267. The molecule has 0 aliphatic carbocycles. The molecule has 0 spiro atoms. The number of carbonyl (C=O) groups is 1. The molecule has 1 amide bonds. The number of benzene rings is 1. The van der Waals surface area contributed by atoms with Crippen LogP contribution >= 0.6 is 11.3 Å². The molecule has 4 rings (SSSR count). The predicted octanol–water partition coefficient (Wildman–Crippen LogP) is 2.69. The standard InChI is InChI=1S/C15H14N4OS/c20-15(10-3-5-19-6-4-16-14(19)7-10)18-11-1-2-12-13(8-11)21-9-17-12/h1-2,4,6,8-10H,3,5,7H2,(H,18,20). The monoisotopic (exact) mass is 298 g/mol. The van der Waals surface area contributed by atoms with Crippen molar-refractivity contribution >= 4 is 33.1 Å². The summed E-state index contributed by atoms with van der Waals surface area (Å²) in [7, 11) is 0. The van der Waals surface area contributed by atoms with Gasteiger partial charge < -0.3 is 9.88 Å². The average Bonchev–Trinajstić information content (AvgIpc) is 3.14. The van der Waals surface area contributed by atoms with Gasteiger partial charge in [-0.25, -0.2) is 9.97 Å². The highest BCUT2D eigenvalue weighted by Crippen LogP contribution is 2.24. The third-order valence-electron chi connectivity index (χ3n) is 3.92. The summed E-state index contributed by atoms with van der Waals surface area (Å²) in [5.74, 6) is 1.07. The lowest BCUT2D eigenvalue weighted by molar-refractivity contribution is -0.120. The van der Waals surface area contributed by atoms with E-state index < -0.39 is 0 Å². The Morgan fingerprint density at radius 1 is 1.38 bits per heavy atom. The van der Waals surface area contributed by atoms with Crippen molar-refractivity contribution in [2.24, 2.45) is 5.92 Å². The van der Waals surface area contributed by atoms with Crippen LogP contribution in [0.4, 0.5) is 5.69 Å².